The van der Waals surface area contributed by atoms with Gasteiger partial charge in [0.25, 0.3) is 0 Å². The SMILES string of the molecule is O=C(CCn1cc(-c2ccccc2)nn1)NC(Cc1ccc(F)c(C(F)(F)F)c1)B(O)O. The van der Waals surface area contributed by atoms with Crippen LogP contribution in [-0.2, 0) is 23.9 Å². The van der Waals surface area contributed by atoms with Crippen molar-refractivity contribution in [3.8, 4) is 11.3 Å². The quantitative estimate of drug-likeness (QED) is 0.361. The lowest BCUT2D eigenvalue weighted by Gasteiger charge is -2.19. The van der Waals surface area contributed by atoms with Crippen molar-refractivity contribution in [2.75, 3.05) is 0 Å². The van der Waals surface area contributed by atoms with Crippen LogP contribution in [0.5, 0.6) is 0 Å². The van der Waals surface area contributed by atoms with Crippen molar-refractivity contribution in [2.45, 2.75) is 31.5 Å². The van der Waals surface area contributed by atoms with Crippen LogP contribution in [0.15, 0.2) is 54.7 Å². The molecule has 1 unspecified atom stereocenters. The number of carbonyl (C=O) groups excluding carboxylic acids is 1. The van der Waals surface area contributed by atoms with Gasteiger partial charge >= 0.3 is 13.3 Å². The molecular formula is C20H19BF4N4O3. The first-order chi connectivity index (χ1) is 15.1. The molecule has 3 N–H and O–H groups in total. The highest BCUT2D eigenvalue weighted by Gasteiger charge is 2.35. The highest BCUT2D eigenvalue weighted by atomic mass is 19.4. The summed E-state index contributed by atoms with van der Waals surface area (Å²) in [6.07, 6.45) is -3.67. The van der Waals surface area contributed by atoms with E-state index < -0.39 is 36.5 Å². The van der Waals surface area contributed by atoms with E-state index in [1.165, 1.54) is 4.68 Å². The molecule has 0 aliphatic rings. The van der Waals surface area contributed by atoms with E-state index in [0.29, 0.717) is 17.8 Å². The van der Waals surface area contributed by atoms with Crippen LogP contribution >= 0.6 is 0 Å². The van der Waals surface area contributed by atoms with Crippen LogP contribution in [-0.4, -0.2) is 44.0 Å². The second-order valence-corrected chi connectivity index (χ2v) is 7.09. The maximum atomic E-state index is 13.4. The number of alkyl halides is 3. The minimum Gasteiger partial charge on any atom is -0.426 e. The van der Waals surface area contributed by atoms with Gasteiger partial charge < -0.3 is 15.4 Å². The number of aryl methyl sites for hydroxylation is 1. The Morgan fingerprint density at radius 3 is 2.53 bits per heavy atom. The first kappa shape index (κ1) is 23.4. The standard InChI is InChI=1S/C20H19BF4N4O3/c22-16-7-6-13(10-15(16)20(23,24)25)11-18(21(31)32)26-19(30)8-9-29-12-17(27-28-29)14-4-2-1-3-5-14/h1-7,10,12,18,31-32H,8-9,11H2,(H,26,30). The number of benzene rings is 2. The van der Waals surface area contributed by atoms with Crippen molar-refractivity contribution < 1.29 is 32.4 Å². The zero-order chi connectivity index (χ0) is 23.3. The normalized spacial score (nSPS) is 12.4. The lowest BCUT2D eigenvalue weighted by molar-refractivity contribution is -0.140. The Balaban J connectivity index is 1.60. The number of hydrogen-bond acceptors (Lipinski definition) is 5. The second-order valence-electron chi connectivity index (χ2n) is 7.09. The molecule has 0 spiro atoms. The van der Waals surface area contributed by atoms with E-state index in [2.05, 4.69) is 15.6 Å². The van der Waals surface area contributed by atoms with Crippen LogP contribution in [0.4, 0.5) is 17.6 Å². The summed E-state index contributed by atoms with van der Waals surface area (Å²) >= 11 is 0. The van der Waals surface area contributed by atoms with Crippen LogP contribution in [0.1, 0.15) is 17.5 Å². The fourth-order valence-electron chi connectivity index (χ4n) is 3.05. The molecule has 0 bridgehead atoms. The van der Waals surface area contributed by atoms with Crippen LogP contribution in [0.25, 0.3) is 11.3 Å². The van der Waals surface area contributed by atoms with Gasteiger partial charge in [-0.25, -0.2) is 4.39 Å². The lowest BCUT2D eigenvalue weighted by atomic mass is 9.75. The zero-order valence-electron chi connectivity index (χ0n) is 16.6. The first-order valence-electron chi connectivity index (χ1n) is 9.60. The van der Waals surface area contributed by atoms with Crippen LogP contribution in [0.2, 0.25) is 0 Å². The molecule has 0 fully saturated rings. The van der Waals surface area contributed by atoms with Crippen molar-refractivity contribution in [3.05, 3.63) is 71.7 Å². The van der Waals surface area contributed by atoms with Crippen LogP contribution in [0.3, 0.4) is 0 Å². The summed E-state index contributed by atoms with van der Waals surface area (Å²) in [7, 11) is -2.03. The molecule has 0 saturated heterocycles. The number of aromatic nitrogens is 3. The number of hydrogen-bond donors (Lipinski definition) is 3. The van der Waals surface area contributed by atoms with E-state index in [-0.39, 0.29) is 24.9 Å². The third kappa shape index (κ3) is 6.14. The molecule has 3 aromatic rings. The summed E-state index contributed by atoms with van der Waals surface area (Å²) in [6, 6.07) is 11.6. The molecule has 3 rings (SSSR count). The number of nitrogens with zero attached hydrogens (tertiary/aromatic N) is 3. The number of carbonyl (C=O) groups is 1. The minimum atomic E-state index is -4.90. The highest BCUT2D eigenvalue weighted by molar-refractivity contribution is 6.43. The summed E-state index contributed by atoms with van der Waals surface area (Å²) < 4.78 is 53.5. The monoisotopic (exact) mass is 450 g/mol. The van der Waals surface area contributed by atoms with Crippen molar-refractivity contribution in [1.29, 1.82) is 0 Å². The third-order valence-electron chi connectivity index (χ3n) is 4.67. The molecular weight excluding hydrogens is 431 g/mol. The van der Waals surface area contributed by atoms with Gasteiger partial charge in [-0.1, -0.05) is 41.6 Å². The number of amides is 1. The Labute approximate surface area is 180 Å². The molecule has 0 saturated carbocycles. The molecule has 2 aromatic carbocycles. The molecule has 0 radical (unpaired) electrons. The van der Waals surface area contributed by atoms with Gasteiger partial charge in [0, 0.05) is 12.0 Å². The number of nitrogens with one attached hydrogen (secondary N) is 1. The third-order valence-corrected chi connectivity index (χ3v) is 4.67. The second kappa shape index (κ2) is 9.92. The summed E-state index contributed by atoms with van der Waals surface area (Å²) in [5, 5.41) is 29.4. The molecule has 0 aliphatic carbocycles. The summed E-state index contributed by atoms with van der Waals surface area (Å²) in [5.74, 6) is -3.29. The van der Waals surface area contributed by atoms with Gasteiger partial charge in [0.1, 0.15) is 11.5 Å². The predicted octanol–water partition coefficient (Wildman–Crippen LogP) is 2.23. The Morgan fingerprint density at radius 1 is 1.16 bits per heavy atom. The molecule has 1 atom stereocenters. The Kier molecular flexibility index (Phi) is 7.26. The van der Waals surface area contributed by atoms with E-state index in [1.54, 1.807) is 6.20 Å². The summed E-state index contributed by atoms with van der Waals surface area (Å²) in [6.45, 7) is 0.148. The fraction of sp³-hybridized carbons (Fsp3) is 0.250. The molecule has 1 amide bonds. The Bertz CT molecular complexity index is 1060. The van der Waals surface area contributed by atoms with E-state index in [1.807, 2.05) is 30.3 Å². The van der Waals surface area contributed by atoms with Crippen LogP contribution < -0.4 is 5.32 Å². The first-order valence-corrected chi connectivity index (χ1v) is 9.60. The molecule has 0 aliphatic heterocycles. The van der Waals surface area contributed by atoms with E-state index in [4.69, 9.17) is 0 Å². The maximum Gasteiger partial charge on any atom is 0.475 e. The predicted molar refractivity (Wildman–Crippen MR) is 107 cm³/mol. The van der Waals surface area contributed by atoms with Crippen molar-refractivity contribution in [1.82, 2.24) is 20.3 Å². The number of halogens is 4. The van der Waals surface area contributed by atoms with Gasteiger partial charge in [0.15, 0.2) is 0 Å². The molecule has 32 heavy (non-hydrogen) atoms. The van der Waals surface area contributed by atoms with E-state index >= 15 is 0 Å². The van der Waals surface area contributed by atoms with Gasteiger partial charge in [0.2, 0.25) is 5.91 Å². The molecule has 7 nitrogen and oxygen atoms in total. The van der Waals surface area contributed by atoms with Gasteiger partial charge in [-0.2, -0.15) is 13.2 Å². The molecule has 168 valence electrons. The van der Waals surface area contributed by atoms with Crippen molar-refractivity contribution >= 4 is 13.0 Å². The number of rotatable bonds is 8. The smallest absolute Gasteiger partial charge is 0.426 e. The maximum absolute atomic E-state index is 13.4. The largest absolute Gasteiger partial charge is 0.475 e. The average Bonchev–Trinajstić information content (AvgIpc) is 3.22. The van der Waals surface area contributed by atoms with Crippen molar-refractivity contribution in [2.24, 2.45) is 0 Å². The van der Waals surface area contributed by atoms with Gasteiger partial charge in [-0.15, -0.1) is 5.10 Å². The van der Waals surface area contributed by atoms with Gasteiger partial charge in [-0.3, -0.25) is 9.48 Å². The van der Waals surface area contributed by atoms with E-state index in [9.17, 15) is 32.4 Å². The van der Waals surface area contributed by atoms with E-state index in [0.717, 1.165) is 11.6 Å². The summed E-state index contributed by atoms with van der Waals surface area (Å²) in [4.78, 5) is 12.2. The minimum absolute atomic E-state index is 0.0131. The Hall–Kier alpha value is -3.25. The fourth-order valence-corrected chi connectivity index (χ4v) is 3.05. The van der Waals surface area contributed by atoms with Crippen LogP contribution in [0, 0.1) is 5.82 Å². The lowest BCUT2D eigenvalue weighted by Crippen LogP contribution is -2.48. The van der Waals surface area contributed by atoms with Gasteiger partial charge in [0.05, 0.1) is 24.2 Å². The molecule has 1 heterocycles. The zero-order valence-corrected chi connectivity index (χ0v) is 16.6. The summed E-state index contributed by atoms with van der Waals surface area (Å²) in [5.41, 5.74) is -0.00977. The Morgan fingerprint density at radius 2 is 1.88 bits per heavy atom. The average molecular weight is 450 g/mol. The highest BCUT2D eigenvalue weighted by Crippen LogP contribution is 2.32. The van der Waals surface area contributed by atoms with Crippen molar-refractivity contribution in [3.63, 3.8) is 0 Å². The topological polar surface area (TPSA) is 100 Å². The van der Waals surface area contributed by atoms with Gasteiger partial charge in [-0.05, 0) is 24.1 Å². The molecule has 1 aromatic heterocycles. The molecule has 12 heteroatoms.